The van der Waals surface area contributed by atoms with Gasteiger partial charge in [-0.2, -0.15) is 5.10 Å². The van der Waals surface area contributed by atoms with Gasteiger partial charge in [-0.15, -0.1) is 0 Å². The first-order chi connectivity index (χ1) is 13.8. The maximum Gasteiger partial charge on any atom is 0.312 e. The summed E-state index contributed by atoms with van der Waals surface area (Å²) in [4.78, 5) is 36.5. The van der Waals surface area contributed by atoms with E-state index in [2.05, 4.69) is 10.4 Å². The monoisotopic (exact) mass is 401 g/mol. The minimum absolute atomic E-state index is 0.231. The van der Waals surface area contributed by atoms with Gasteiger partial charge >= 0.3 is 5.97 Å². The van der Waals surface area contributed by atoms with E-state index in [1.165, 1.54) is 14.0 Å². The van der Waals surface area contributed by atoms with E-state index in [1.54, 1.807) is 24.3 Å². The van der Waals surface area contributed by atoms with E-state index in [-0.39, 0.29) is 17.7 Å². The molecule has 0 bridgehead atoms. The van der Waals surface area contributed by atoms with Crippen LogP contribution in [0.4, 0.5) is 14.5 Å². The molecule has 0 saturated heterocycles. The summed E-state index contributed by atoms with van der Waals surface area (Å²) < 4.78 is 32.8. The van der Waals surface area contributed by atoms with Gasteiger partial charge in [0.1, 0.15) is 11.6 Å². The molecule has 0 saturated carbocycles. The molecule has 0 aliphatic carbocycles. The molecule has 1 heterocycles. The fraction of sp³-hybridized carbons (Fsp3) is 0.200. The molecule has 150 valence electrons. The number of aromatic nitrogens is 2. The normalized spacial score (nSPS) is 11.9. The summed E-state index contributed by atoms with van der Waals surface area (Å²) in [6.45, 7) is 1.32. The van der Waals surface area contributed by atoms with E-state index in [4.69, 9.17) is 4.74 Å². The van der Waals surface area contributed by atoms with Gasteiger partial charge in [-0.3, -0.25) is 14.4 Å². The third-order valence-electron chi connectivity index (χ3n) is 4.21. The van der Waals surface area contributed by atoms with Crippen LogP contribution in [-0.2, 0) is 27.8 Å². The molecule has 3 rings (SSSR count). The first kappa shape index (κ1) is 20.1. The Labute approximate surface area is 163 Å². The second-order valence-electron chi connectivity index (χ2n) is 6.34. The molecule has 0 aliphatic rings. The zero-order valence-electron chi connectivity index (χ0n) is 15.6. The number of nitrogens with zero attached hydrogens (tertiary/aromatic N) is 2. The average Bonchev–Trinajstić information content (AvgIpc) is 2.68. The molecule has 29 heavy (non-hydrogen) atoms. The number of hydrogen-bond acceptors (Lipinski definition) is 5. The molecule has 2 aromatic carbocycles. The smallest absolute Gasteiger partial charge is 0.312 e. The van der Waals surface area contributed by atoms with Gasteiger partial charge in [-0.05, 0) is 25.1 Å². The molecule has 1 amide bonds. The number of carbonyl (C=O) groups is 2. The summed E-state index contributed by atoms with van der Waals surface area (Å²) in [6.07, 6.45) is -1.50. The van der Waals surface area contributed by atoms with Crippen molar-refractivity contribution >= 4 is 28.3 Å². The lowest BCUT2D eigenvalue weighted by atomic mass is 10.1. The molecule has 0 spiro atoms. The minimum atomic E-state index is -1.23. The lowest BCUT2D eigenvalue weighted by Crippen LogP contribution is -2.31. The van der Waals surface area contributed by atoms with Gasteiger partial charge in [-0.25, -0.2) is 13.5 Å². The minimum Gasteiger partial charge on any atom is -0.452 e. The van der Waals surface area contributed by atoms with Crippen LogP contribution in [-0.4, -0.2) is 27.8 Å². The molecule has 0 fully saturated rings. The van der Waals surface area contributed by atoms with Crippen molar-refractivity contribution in [1.82, 2.24) is 9.78 Å². The lowest BCUT2D eigenvalue weighted by molar-refractivity contribution is -0.152. The van der Waals surface area contributed by atoms with Crippen molar-refractivity contribution in [3.05, 3.63) is 70.1 Å². The van der Waals surface area contributed by atoms with Crippen LogP contribution < -0.4 is 10.9 Å². The number of fused-ring (bicyclic) bond motifs is 1. The molecule has 0 unspecified atom stereocenters. The SMILES string of the molecule is C[C@H](OC(=O)Cc1nn(C)c(=O)c2ccccc12)C(=O)Nc1ccc(F)cc1F. The van der Waals surface area contributed by atoms with Crippen LogP contribution in [0.3, 0.4) is 0 Å². The Morgan fingerprint density at radius 3 is 2.55 bits per heavy atom. The predicted octanol–water partition coefficient (Wildman–Crippen LogP) is 2.32. The Kier molecular flexibility index (Phi) is 5.67. The molecule has 0 aliphatic heterocycles. The summed E-state index contributed by atoms with van der Waals surface area (Å²) >= 11 is 0. The standard InChI is InChI=1S/C20H17F2N3O4/c1-11(19(27)23-16-8-7-12(21)9-15(16)22)29-18(26)10-17-13-5-3-4-6-14(13)20(28)25(2)24-17/h3-9,11H,10H2,1-2H3,(H,23,27)/t11-/m0/s1. The summed E-state index contributed by atoms with van der Waals surface area (Å²) in [5, 5.41) is 7.25. The number of ether oxygens (including phenoxy) is 1. The van der Waals surface area contributed by atoms with Crippen molar-refractivity contribution in [2.45, 2.75) is 19.4 Å². The first-order valence-corrected chi connectivity index (χ1v) is 8.66. The van der Waals surface area contributed by atoms with Gasteiger partial charge in [0.05, 0.1) is 23.2 Å². The average molecular weight is 401 g/mol. The van der Waals surface area contributed by atoms with Crippen molar-refractivity contribution in [3.63, 3.8) is 0 Å². The van der Waals surface area contributed by atoms with E-state index in [0.717, 1.165) is 16.8 Å². The largest absolute Gasteiger partial charge is 0.452 e. The van der Waals surface area contributed by atoms with E-state index >= 15 is 0 Å². The fourth-order valence-electron chi connectivity index (χ4n) is 2.76. The van der Waals surface area contributed by atoms with Gasteiger partial charge < -0.3 is 10.1 Å². The lowest BCUT2D eigenvalue weighted by Gasteiger charge is -2.14. The second kappa shape index (κ2) is 8.17. The van der Waals surface area contributed by atoms with Crippen LogP contribution in [0.15, 0.2) is 47.3 Å². The molecule has 1 N–H and O–H groups in total. The van der Waals surface area contributed by atoms with Gasteiger partial charge in [0, 0.05) is 18.5 Å². The Hall–Kier alpha value is -3.62. The Morgan fingerprint density at radius 2 is 1.86 bits per heavy atom. The number of aryl methyl sites for hydroxylation is 1. The number of nitrogens with one attached hydrogen (secondary N) is 1. The van der Waals surface area contributed by atoms with Gasteiger partial charge in [0.15, 0.2) is 6.10 Å². The molecule has 0 radical (unpaired) electrons. The van der Waals surface area contributed by atoms with Crippen LogP contribution in [0.1, 0.15) is 12.6 Å². The highest BCUT2D eigenvalue weighted by molar-refractivity contribution is 5.95. The molecular formula is C20H17F2N3O4. The number of carbonyl (C=O) groups excluding carboxylic acids is 2. The molecule has 1 aromatic heterocycles. The van der Waals surface area contributed by atoms with Crippen molar-refractivity contribution in [1.29, 1.82) is 0 Å². The number of benzene rings is 2. The topological polar surface area (TPSA) is 90.3 Å². The summed E-state index contributed by atoms with van der Waals surface area (Å²) in [5.41, 5.74) is -0.207. The fourth-order valence-corrected chi connectivity index (χ4v) is 2.76. The van der Waals surface area contributed by atoms with E-state index in [0.29, 0.717) is 22.5 Å². The Balaban J connectivity index is 1.71. The van der Waals surface area contributed by atoms with E-state index < -0.39 is 29.6 Å². The number of hydrogen-bond donors (Lipinski definition) is 1. The molecule has 1 atom stereocenters. The van der Waals surface area contributed by atoms with E-state index in [9.17, 15) is 23.2 Å². The molecule has 3 aromatic rings. The highest BCUT2D eigenvalue weighted by atomic mass is 19.1. The van der Waals surface area contributed by atoms with Crippen LogP contribution in [0.25, 0.3) is 10.8 Å². The van der Waals surface area contributed by atoms with Gasteiger partial charge in [0.2, 0.25) is 0 Å². The zero-order chi connectivity index (χ0) is 21.1. The number of anilines is 1. The number of rotatable bonds is 5. The Bertz CT molecular complexity index is 1160. The quantitative estimate of drug-likeness (QED) is 0.663. The van der Waals surface area contributed by atoms with Crippen LogP contribution in [0.5, 0.6) is 0 Å². The summed E-state index contributed by atoms with van der Waals surface area (Å²) in [7, 11) is 1.47. The Morgan fingerprint density at radius 1 is 1.17 bits per heavy atom. The highest BCUT2D eigenvalue weighted by Gasteiger charge is 2.21. The third kappa shape index (κ3) is 4.45. The number of halogens is 2. The maximum atomic E-state index is 13.6. The number of esters is 1. The molecular weight excluding hydrogens is 384 g/mol. The zero-order valence-corrected chi connectivity index (χ0v) is 15.6. The van der Waals surface area contributed by atoms with Gasteiger partial charge in [-0.1, -0.05) is 18.2 Å². The van der Waals surface area contributed by atoms with E-state index in [1.807, 2.05) is 0 Å². The van der Waals surface area contributed by atoms with Crippen molar-refractivity contribution in [3.8, 4) is 0 Å². The van der Waals surface area contributed by atoms with Crippen molar-refractivity contribution in [2.75, 3.05) is 5.32 Å². The van der Waals surface area contributed by atoms with Crippen LogP contribution >= 0.6 is 0 Å². The molecule has 9 heteroatoms. The highest BCUT2D eigenvalue weighted by Crippen LogP contribution is 2.16. The van der Waals surface area contributed by atoms with Crippen LogP contribution in [0.2, 0.25) is 0 Å². The predicted molar refractivity (Wildman–Crippen MR) is 101 cm³/mol. The summed E-state index contributed by atoms with van der Waals surface area (Å²) in [5.74, 6) is -3.25. The second-order valence-corrected chi connectivity index (χ2v) is 6.34. The van der Waals surface area contributed by atoms with Crippen molar-refractivity contribution < 1.29 is 23.1 Å². The van der Waals surface area contributed by atoms with Gasteiger partial charge in [0.25, 0.3) is 11.5 Å². The molecule has 7 nitrogen and oxygen atoms in total. The number of amides is 1. The maximum absolute atomic E-state index is 13.6. The third-order valence-corrected chi connectivity index (χ3v) is 4.21. The first-order valence-electron chi connectivity index (χ1n) is 8.66. The van der Waals surface area contributed by atoms with Crippen LogP contribution in [0, 0.1) is 11.6 Å². The van der Waals surface area contributed by atoms with Crippen molar-refractivity contribution in [2.24, 2.45) is 7.05 Å². The summed E-state index contributed by atoms with van der Waals surface area (Å²) in [6, 6.07) is 9.39.